The fourth-order valence-electron chi connectivity index (χ4n) is 2.15. The van der Waals surface area contributed by atoms with Crippen molar-refractivity contribution in [2.45, 2.75) is 32.6 Å². The molecule has 0 bridgehead atoms. The van der Waals surface area contributed by atoms with Crippen LogP contribution in [0.2, 0.25) is 0 Å². The van der Waals surface area contributed by atoms with E-state index in [1.165, 1.54) is 17.7 Å². The van der Waals surface area contributed by atoms with Crippen molar-refractivity contribution in [2.75, 3.05) is 18.5 Å². The number of aromatic nitrogens is 2. The molecule has 0 aliphatic rings. The van der Waals surface area contributed by atoms with Crippen LogP contribution in [0.3, 0.4) is 0 Å². The van der Waals surface area contributed by atoms with Crippen molar-refractivity contribution < 1.29 is 19.4 Å². The lowest BCUT2D eigenvalue weighted by Crippen LogP contribution is -2.08. The highest BCUT2D eigenvalue weighted by atomic mass is 32.1. The number of rotatable bonds is 9. The van der Waals surface area contributed by atoms with Gasteiger partial charge in [-0.25, -0.2) is 14.8 Å². The van der Waals surface area contributed by atoms with Crippen molar-refractivity contribution in [1.82, 2.24) is 9.97 Å². The van der Waals surface area contributed by atoms with Gasteiger partial charge in [-0.1, -0.05) is 6.42 Å². The Labute approximate surface area is 137 Å². The van der Waals surface area contributed by atoms with Crippen molar-refractivity contribution in [1.29, 1.82) is 0 Å². The van der Waals surface area contributed by atoms with Gasteiger partial charge in [0.2, 0.25) is 0 Å². The first-order valence-electron chi connectivity index (χ1n) is 7.48. The van der Waals surface area contributed by atoms with E-state index in [9.17, 15) is 9.59 Å². The summed E-state index contributed by atoms with van der Waals surface area (Å²) in [6, 6.07) is 0. The van der Waals surface area contributed by atoms with Crippen LogP contribution in [0.25, 0.3) is 10.2 Å². The monoisotopic (exact) mass is 337 g/mol. The lowest BCUT2D eigenvalue weighted by molar-refractivity contribution is -0.137. The fourth-order valence-corrected chi connectivity index (χ4v) is 3.03. The quantitative estimate of drug-likeness (QED) is 0.536. The van der Waals surface area contributed by atoms with Gasteiger partial charge in [-0.2, -0.15) is 0 Å². The first kappa shape index (κ1) is 17.1. The normalized spacial score (nSPS) is 10.7. The molecule has 0 aliphatic carbocycles. The molecule has 0 spiro atoms. The van der Waals surface area contributed by atoms with Crippen molar-refractivity contribution in [2.24, 2.45) is 0 Å². The SMILES string of the molecule is CCOC(=O)c1csc2ncnc(NCCCCCC(=O)O)c12. The maximum absolute atomic E-state index is 12.0. The minimum Gasteiger partial charge on any atom is -0.481 e. The summed E-state index contributed by atoms with van der Waals surface area (Å²) < 4.78 is 5.06. The number of unbranched alkanes of at least 4 members (excludes halogenated alkanes) is 2. The summed E-state index contributed by atoms with van der Waals surface area (Å²) in [5, 5.41) is 14.2. The van der Waals surface area contributed by atoms with E-state index in [0.29, 0.717) is 36.3 Å². The van der Waals surface area contributed by atoms with E-state index in [1.807, 2.05) is 0 Å². The van der Waals surface area contributed by atoms with E-state index in [4.69, 9.17) is 9.84 Å². The van der Waals surface area contributed by atoms with Crippen LogP contribution < -0.4 is 5.32 Å². The molecule has 23 heavy (non-hydrogen) atoms. The molecular formula is C15H19N3O4S. The number of fused-ring (bicyclic) bond motifs is 1. The number of carboxylic acids is 1. The molecule has 2 heterocycles. The zero-order chi connectivity index (χ0) is 16.7. The third-order valence-electron chi connectivity index (χ3n) is 3.23. The number of hydrogen-bond acceptors (Lipinski definition) is 7. The summed E-state index contributed by atoms with van der Waals surface area (Å²) in [4.78, 5) is 31.6. The van der Waals surface area contributed by atoms with E-state index < -0.39 is 5.97 Å². The Bertz CT molecular complexity index is 686. The molecule has 7 nitrogen and oxygen atoms in total. The predicted octanol–water partition coefficient (Wildman–Crippen LogP) is 2.92. The van der Waals surface area contributed by atoms with Gasteiger partial charge in [-0.3, -0.25) is 4.79 Å². The number of nitrogens with one attached hydrogen (secondary N) is 1. The minimum atomic E-state index is -0.771. The van der Waals surface area contributed by atoms with Crippen LogP contribution in [0.5, 0.6) is 0 Å². The molecule has 2 N–H and O–H groups in total. The van der Waals surface area contributed by atoms with Crippen LogP contribution in [-0.2, 0) is 9.53 Å². The van der Waals surface area contributed by atoms with Crippen LogP contribution >= 0.6 is 11.3 Å². The van der Waals surface area contributed by atoms with Gasteiger partial charge >= 0.3 is 11.9 Å². The first-order chi connectivity index (χ1) is 11.1. The second-order valence-corrected chi connectivity index (χ2v) is 5.76. The van der Waals surface area contributed by atoms with Crippen molar-refractivity contribution in [3.8, 4) is 0 Å². The zero-order valence-corrected chi connectivity index (χ0v) is 13.7. The molecule has 2 aromatic heterocycles. The van der Waals surface area contributed by atoms with Gasteiger partial charge in [0.05, 0.1) is 17.6 Å². The topological polar surface area (TPSA) is 101 Å². The standard InChI is InChI=1S/C15H19N3O4S/c1-2-22-15(21)10-8-23-14-12(10)13(17-9-18-14)16-7-5-3-4-6-11(19)20/h8-9H,2-7H2,1H3,(H,19,20)(H,16,17,18). The highest BCUT2D eigenvalue weighted by Gasteiger charge is 2.17. The number of carbonyl (C=O) groups is 2. The largest absolute Gasteiger partial charge is 0.481 e. The van der Waals surface area contributed by atoms with Gasteiger partial charge in [-0.05, 0) is 19.8 Å². The Balaban J connectivity index is 2.01. The number of anilines is 1. The molecule has 0 saturated carbocycles. The predicted molar refractivity (Wildman–Crippen MR) is 88.0 cm³/mol. The average Bonchev–Trinajstić information content (AvgIpc) is 2.95. The van der Waals surface area contributed by atoms with Crippen LogP contribution in [0.4, 0.5) is 5.82 Å². The smallest absolute Gasteiger partial charge is 0.339 e. The molecule has 0 radical (unpaired) electrons. The Hall–Kier alpha value is -2.22. The van der Waals surface area contributed by atoms with Crippen molar-refractivity contribution >= 4 is 39.3 Å². The molecular weight excluding hydrogens is 318 g/mol. The lowest BCUT2D eigenvalue weighted by atomic mass is 10.2. The van der Waals surface area contributed by atoms with E-state index >= 15 is 0 Å². The summed E-state index contributed by atoms with van der Waals surface area (Å²) >= 11 is 1.38. The second-order valence-electron chi connectivity index (χ2n) is 4.90. The summed E-state index contributed by atoms with van der Waals surface area (Å²) in [7, 11) is 0. The molecule has 0 unspecified atom stereocenters. The molecule has 0 aromatic carbocycles. The average molecular weight is 337 g/mol. The van der Waals surface area contributed by atoms with Crippen molar-refractivity contribution in [3.05, 3.63) is 17.3 Å². The Morgan fingerprint density at radius 1 is 1.30 bits per heavy atom. The fraction of sp³-hybridized carbons (Fsp3) is 0.467. The molecule has 124 valence electrons. The number of carbonyl (C=O) groups excluding carboxylic acids is 1. The maximum Gasteiger partial charge on any atom is 0.339 e. The summed E-state index contributed by atoms with van der Waals surface area (Å²) in [5.74, 6) is -0.539. The van der Waals surface area contributed by atoms with E-state index in [1.54, 1.807) is 12.3 Å². The van der Waals surface area contributed by atoms with E-state index in [2.05, 4.69) is 15.3 Å². The maximum atomic E-state index is 12.0. The molecule has 0 aliphatic heterocycles. The molecule has 2 aromatic rings. The third kappa shape index (κ3) is 4.62. The van der Waals surface area contributed by atoms with Gasteiger partial charge in [0.15, 0.2) is 0 Å². The number of ether oxygens (including phenoxy) is 1. The number of nitrogens with zero attached hydrogens (tertiary/aromatic N) is 2. The third-order valence-corrected chi connectivity index (χ3v) is 4.11. The Kier molecular flexibility index (Phi) is 6.28. The highest BCUT2D eigenvalue weighted by Crippen LogP contribution is 2.29. The first-order valence-corrected chi connectivity index (χ1v) is 8.36. The molecule has 0 amide bonds. The summed E-state index contributed by atoms with van der Waals surface area (Å²) in [6.07, 6.45) is 3.96. The van der Waals surface area contributed by atoms with Gasteiger partial charge in [-0.15, -0.1) is 11.3 Å². The van der Waals surface area contributed by atoms with Crippen molar-refractivity contribution in [3.63, 3.8) is 0 Å². The Morgan fingerprint density at radius 3 is 2.87 bits per heavy atom. The molecule has 8 heteroatoms. The summed E-state index contributed by atoms with van der Waals surface area (Å²) in [6.45, 7) is 2.74. The zero-order valence-electron chi connectivity index (χ0n) is 12.9. The minimum absolute atomic E-state index is 0.190. The van der Waals surface area contributed by atoms with Crippen LogP contribution in [-0.4, -0.2) is 40.2 Å². The number of thiophene rings is 1. The molecule has 0 atom stereocenters. The molecule has 2 rings (SSSR count). The van der Waals surface area contributed by atoms with E-state index in [0.717, 1.165) is 17.7 Å². The van der Waals surface area contributed by atoms with E-state index in [-0.39, 0.29) is 12.4 Å². The number of carboxylic acid groups (broad SMARTS) is 1. The molecule has 0 saturated heterocycles. The molecule has 0 fully saturated rings. The lowest BCUT2D eigenvalue weighted by Gasteiger charge is -2.07. The van der Waals surface area contributed by atoms with Gasteiger partial charge in [0.25, 0.3) is 0 Å². The van der Waals surface area contributed by atoms with Crippen LogP contribution in [0, 0.1) is 0 Å². The second kappa shape index (κ2) is 8.42. The number of esters is 1. The van der Waals surface area contributed by atoms with Crippen LogP contribution in [0.1, 0.15) is 43.0 Å². The van der Waals surface area contributed by atoms with Gasteiger partial charge < -0.3 is 15.2 Å². The number of aliphatic carboxylic acids is 1. The summed E-state index contributed by atoms with van der Waals surface area (Å²) in [5.41, 5.74) is 0.473. The van der Waals surface area contributed by atoms with Crippen LogP contribution in [0.15, 0.2) is 11.7 Å². The highest BCUT2D eigenvalue weighted by molar-refractivity contribution is 7.17. The number of hydrogen-bond donors (Lipinski definition) is 2. The van der Waals surface area contributed by atoms with Gasteiger partial charge in [0.1, 0.15) is 17.0 Å². The van der Waals surface area contributed by atoms with Gasteiger partial charge in [0, 0.05) is 18.3 Å². The Morgan fingerprint density at radius 2 is 2.13 bits per heavy atom.